The van der Waals surface area contributed by atoms with Crippen molar-refractivity contribution in [2.75, 3.05) is 30.7 Å². The van der Waals surface area contributed by atoms with Crippen LogP contribution in [0.1, 0.15) is 63.5 Å². The molecule has 10 heteroatoms. The van der Waals surface area contributed by atoms with Crippen LogP contribution in [0.4, 0.5) is 11.5 Å². The van der Waals surface area contributed by atoms with E-state index in [1.54, 1.807) is 4.68 Å². The van der Waals surface area contributed by atoms with Gasteiger partial charge in [-0.1, -0.05) is 57.1 Å². The van der Waals surface area contributed by atoms with Crippen LogP contribution >= 0.6 is 0 Å². The second kappa shape index (κ2) is 11.6. The zero-order valence-corrected chi connectivity index (χ0v) is 25.2. The Bertz CT molecular complexity index is 1720. The van der Waals surface area contributed by atoms with Crippen molar-refractivity contribution >= 4 is 28.4 Å². The van der Waals surface area contributed by atoms with Crippen LogP contribution < -0.4 is 11.1 Å². The fourth-order valence-electron chi connectivity index (χ4n) is 5.66. The molecule has 3 aromatic heterocycles. The smallest absolute Gasteiger partial charge is 0.230 e. The number of likely N-dealkylation sites (tertiary alicyclic amines) is 1. The molecule has 1 aliphatic rings. The van der Waals surface area contributed by atoms with Crippen LogP contribution in [-0.2, 0) is 16.6 Å². The van der Waals surface area contributed by atoms with Gasteiger partial charge in [0.2, 0.25) is 5.91 Å². The Kier molecular flexibility index (Phi) is 7.70. The van der Waals surface area contributed by atoms with E-state index in [1.807, 2.05) is 51.1 Å². The summed E-state index contributed by atoms with van der Waals surface area (Å²) in [6.45, 7) is 11.8. The molecule has 5 aromatic rings. The summed E-state index contributed by atoms with van der Waals surface area (Å²) in [7, 11) is 0. The number of rotatable bonds is 7. The minimum atomic E-state index is -0.173. The number of anilines is 2. The van der Waals surface area contributed by atoms with Crippen LogP contribution in [0.15, 0.2) is 65.4 Å². The third-order valence-corrected chi connectivity index (χ3v) is 8.22. The molecule has 0 radical (unpaired) electrons. The Labute approximate surface area is 251 Å². The van der Waals surface area contributed by atoms with Gasteiger partial charge in [0.15, 0.2) is 5.65 Å². The molecule has 1 aliphatic heterocycles. The average Bonchev–Trinajstić information content (AvgIpc) is 3.64. The van der Waals surface area contributed by atoms with Gasteiger partial charge >= 0.3 is 0 Å². The number of piperidine rings is 1. The quantitative estimate of drug-likeness (QED) is 0.251. The summed E-state index contributed by atoms with van der Waals surface area (Å²) in [5.74, 6) is 1.54. The Hall–Kier alpha value is -4.57. The van der Waals surface area contributed by atoms with Gasteiger partial charge < -0.3 is 20.5 Å². The zero-order valence-electron chi connectivity index (χ0n) is 25.2. The molecule has 1 amide bonds. The fourth-order valence-corrected chi connectivity index (χ4v) is 5.66. The summed E-state index contributed by atoms with van der Waals surface area (Å²) in [5, 5.41) is 12.6. The van der Waals surface area contributed by atoms with Crippen LogP contribution in [0.5, 0.6) is 0 Å². The Morgan fingerprint density at radius 1 is 1.05 bits per heavy atom. The van der Waals surface area contributed by atoms with Crippen LogP contribution in [0.2, 0.25) is 0 Å². The van der Waals surface area contributed by atoms with Gasteiger partial charge in [0.25, 0.3) is 0 Å². The number of nitrogens with two attached hydrogens (primary N) is 1. The first-order valence-corrected chi connectivity index (χ1v) is 14.9. The van der Waals surface area contributed by atoms with Crippen LogP contribution in [0.25, 0.3) is 28.0 Å². The molecular weight excluding hydrogens is 540 g/mol. The molecule has 0 unspecified atom stereocenters. The van der Waals surface area contributed by atoms with Gasteiger partial charge in [-0.3, -0.25) is 4.79 Å². The maximum atomic E-state index is 12.7. The molecule has 4 heterocycles. The zero-order chi connectivity index (χ0) is 30.1. The predicted octanol–water partition coefficient (Wildman–Crippen LogP) is 5.73. The van der Waals surface area contributed by atoms with Gasteiger partial charge in [0.05, 0.1) is 23.2 Å². The predicted molar refractivity (Wildman–Crippen MR) is 168 cm³/mol. The minimum Gasteiger partial charge on any atom is -0.383 e. The van der Waals surface area contributed by atoms with E-state index >= 15 is 0 Å². The number of fused-ring (bicyclic) bond motifs is 1. The lowest BCUT2D eigenvalue weighted by Gasteiger charge is -2.31. The lowest BCUT2D eigenvalue weighted by molar-refractivity contribution is -0.115. The van der Waals surface area contributed by atoms with E-state index in [4.69, 9.17) is 15.4 Å². The Morgan fingerprint density at radius 3 is 2.42 bits per heavy atom. The number of nitrogens with one attached hydrogen (secondary N) is 1. The van der Waals surface area contributed by atoms with E-state index < -0.39 is 0 Å². The Balaban J connectivity index is 1.21. The molecule has 0 spiro atoms. The number of aromatic nitrogens is 5. The number of amides is 1. The van der Waals surface area contributed by atoms with Crippen molar-refractivity contribution in [2.24, 2.45) is 0 Å². The summed E-state index contributed by atoms with van der Waals surface area (Å²) in [6, 6.07) is 18.0. The highest BCUT2D eigenvalue weighted by Crippen LogP contribution is 2.34. The van der Waals surface area contributed by atoms with Crippen molar-refractivity contribution < 1.29 is 9.32 Å². The van der Waals surface area contributed by atoms with Gasteiger partial charge in [-0.15, -0.1) is 0 Å². The summed E-state index contributed by atoms with van der Waals surface area (Å²) >= 11 is 0. The van der Waals surface area contributed by atoms with Crippen LogP contribution in [-0.4, -0.2) is 55.3 Å². The number of hydrogen-bond acceptors (Lipinski definition) is 8. The first-order valence-electron chi connectivity index (χ1n) is 14.9. The number of carbonyl (C=O) groups excluding carboxylic acids is 1. The highest BCUT2D eigenvalue weighted by atomic mass is 16.5. The number of nitrogens with zero attached hydrogens (tertiary/aromatic N) is 6. The van der Waals surface area contributed by atoms with E-state index in [-0.39, 0.29) is 17.7 Å². The van der Waals surface area contributed by atoms with Gasteiger partial charge in [-0.2, -0.15) is 5.10 Å². The van der Waals surface area contributed by atoms with Gasteiger partial charge in [0.1, 0.15) is 23.6 Å². The standard InChI is InChI=1S/C33H38N8O2/c1-5-40-16-14-22(15-17-40)21-6-8-23(9-7-21)30-29-31(34)35-20-36-32(29)41(38-30)26-12-10-24(11-13-26)37-28(42)19-25-18-27(43-39-25)33(2,3)4/h6-13,18,20,22H,5,14-17,19H2,1-4H3,(H,37,42)(H2,34,35,36). The molecule has 2 aromatic carbocycles. The van der Waals surface area contributed by atoms with Gasteiger partial charge in [0, 0.05) is 22.7 Å². The van der Waals surface area contributed by atoms with Crippen molar-refractivity contribution in [3.8, 4) is 16.9 Å². The fraction of sp³-hybridized carbons (Fsp3) is 0.364. The molecule has 6 rings (SSSR count). The lowest BCUT2D eigenvalue weighted by atomic mass is 9.89. The normalized spacial score (nSPS) is 14.8. The Morgan fingerprint density at radius 2 is 1.77 bits per heavy atom. The molecule has 0 atom stereocenters. The monoisotopic (exact) mass is 578 g/mol. The van der Waals surface area contributed by atoms with E-state index in [2.05, 4.69) is 56.5 Å². The van der Waals surface area contributed by atoms with Crippen molar-refractivity contribution in [3.63, 3.8) is 0 Å². The summed E-state index contributed by atoms with van der Waals surface area (Å²) in [6.07, 6.45) is 3.94. The maximum absolute atomic E-state index is 12.7. The molecule has 222 valence electrons. The second-order valence-corrected chi connectivity index (χ2v) is 12.3. The third-order valence-electron chi connectivity index (χ3n) is 8.22. The van der Waals surface area contributed by atoms with Gasteiger partial charge in [-0.25, -0.2) is 14.6 Å². The number of hydrogen-bond donors (Lipinski definition) is 2. The van der Waals surface area contributed by atoms with Crippen LogP contribution in [0, 0.1) is 0 Å². The van der Waals surface area contributed by atoms with Crippen LogP contribution in [0.3, 0.4) is 0 Å². The summed E-state index contributed by atoms with van der Waals surface area (Å²) in [5.41, 5.74) is 11.9. The van der Waals surface area contributed by atoms with Crippen molar-refractivity contribution in [3.05, 3.63) is 77.9 Å². The third kappa shape index (κ3) is 6.01. The first kappa shape index (κ1) is 28.5. The van der Waals surface area contributed by atoms with E-state index in [0.717, 1.165) is 42.3 Å². The van der Waals surface area contributed by atoms with Crippen molar-refractivity contribution in [1.82, 2.24) is 29.8 Å². The topological polar surface area (TPSA) is 128 Å². The molecule has 0 bridgehead atoms. The number of nitrogen functional groups attached to an aromatic ring is 1. The van der Waals surface area contributed by atoms with E-state index in [9.17, 15) is 4.79 Å². The molecule has 1 saturated heterocycles. The maximum Gasteiger partial charge on any atom is 0.230 e. The summed E-state index contributed by atoms with van der Waals surface area (Å²) in [4.78, 5) is 24.0. The van der Waals surface area contributed by atoms with Gasteiger partial charge in [-0.05, 0) is 68.2 Å². The average molecular weight is 579 g/mol. The molecule has 0 saturated carbocycles. The number of benzene rings is 2. The van der Waals surface area contributed by atoms with Crippen molar-refractivity contribution in [2.45, 2.75) is 58.3 Å². The largest absolute Gasteiger partial charge is 0.383 e. The molecule has 0 aliphatic carbocycles. The minimum absolute atomic E-state index is 0.126. The molecule has 10 nitrogen and oxygen atoms in total. The first-order chi connectivity index (χ1) is 20.7. The van der Waals surface area contributed by atoms with Crippen molar-refractivity contribution in [1.29, 1.82) is 0 Å². The molecular formula is C33H38N8O2. The summed E-state index contributed by atoms with van der Waals surface area (Å²) < 4.78 is 7.17. The van der Waals surface area contributed by atoms with E-state index in [1.165, 1.54) is 24.7 Å². The molecule has 43 heavy (non-hydrogen) atoms. The van der Waals surface area contributed by atoms with E-state index in [0.29, 0.717) is 34.2 Å². The SMILES string of the molecule is CCN1CCC(c2ccc(-c3nn(-c4ccc(NC(=O)Cc5cc(C(C)(C)C)on5)cc4)c4ncnc(N)c34)cc2)CC1. The molecule has 1 fully saturated rings. The molecule has 3 N–H and O–H groups in total. The lowest BCUT2D eigenvalue weighted by Crippen LogP contribution is -2.32. The highest BCUT2D eigenvalue weighted by molar-refractivity contribution is 5.99. The number of carbonyl (C=O) groups is 1. The second-order valence-electron chi connectivity index (χ2n) is 12.3. The highest BCUT2D eigenvalue weighted by Gasteiger charge is 2.22.